The molecule has 15 aromatic rings. The molecule has 10 N–H and O–H groups in total. The van der Waals surface area contributed by atoms with Gasteiger partial charge in [0.05, 0.1) is 136 Å². The Morgan fingerprint density at radius 2 is 0.703 bits per heavy atom. The van der Waals surface area contributed by atoms with Crippen molar-refractivity contribution >= 4 is 205 Å². The minimum Gasteiger partial charge on any atom is -0.390 e. The summed E-state index contributed by atoms with van der Waals surface area (Å²) in [6.45, 7) is 7.75. The zero-order chi connectivity index (χ0) is 99.2. The third kappa shape index (κ3) is 20.3. The molecule has 10 atom stereocenters. The molecule has 0 aliphatic carbocycles. The number of sulfone groups is 5. The van der Waals surface area contributed by atoms with Gasteiger partial charge in [0, 0.05) is 140 Å². The number of rotatable bonds is 10. The fourth-order valence-electron chi connectivity index (χ4n) is 20.2. The van der Waals surface area contributed by atoms with E-state index in [9.17, 15) is 98.4 Å². The van der Waals surface area contributed by atoms with E-state index in [1.807, 2.05) is 31.9 Å². The lowest BCUT2D eigenvalue weighted by molar-refractivity contribution is -0.139. The molecule has 0 unspecified atom stereocenters. The minimum absolute atomic E-state index is 0.0630. The summed E-state index contributed by atoms with van der Waals surface area (Å²) in [5, 5.41) is 75.0. The van der Waals surface area contributed by atoms with E-state index in [1.54, 1.807) is 70.8 Å². The summed E-state index contributed by atoms with van der Waals surface area (Å²) in [6, 6.07) is 27.1. The molecule has 0 saturated carbocycles. The van der Waals surface area contributed by atoms with Crippen LogP contribution >= 0.6 is 46.4 Å². The Morgan fingerprint density at radius 3 is 1.17 bits per heavy atom. The third-order valence-electron chi connectivity index (χ3n) is 26.0. The summed E-state index contributed by atoms with van der Waals surface area (Å²) in [5.74, 6) is -3.00. The van der Waals surface area contributed by atoms with Gasteiger partial charge in [-0.25, -0.2) is 74.6 Å². The molecule has 5 saturated heterocycles. The normalized spacial score (nSPS) is 21.6. The minimum atomic E-state index is -4.81. The molecule has 5 aliphatic heterocycles. The number of aryl methyl sites for hydroxylation is 1. The van der Waals surface area contributed by atoms with Crippen LogP contribution in [0.15, 0.2) is 158 Å². The van der Waals surface area contributed by atoms with E-state index in [-0.39, 0.29) is 54.1 Å². The second kappa shape index (κ2) is 40.1. The number of fused-ring (bicyclic) bond motifs is 15. The van der Waals surface area contributed by atoms with Crippen LogP contribution in [0.4, 0.5) is 30.7 Å². The van der Waals surface area contributed by atoms with Crippen molar-refractivity contribution in [1.29, 1.82) is 0 Å². The Balaban J connectivity index is 0.000000125. The number of aromatic nitrogens is 8. The maximum absolute atomic E-state index is 14.5. The largest absolute Gasteiger partial charge is 0.417 e. The number of alkyl halides is 3. The highest BCUT2D eigenvalue weighted by Crippen LogP contribution is 2.49. The van der Waals surface area contributed by atoms with Gasteiger partial charge in [0.25, 0.3) is 0 Å². The van der Waals surface area contributed by atoms with Crippen LogP contribution in [0.1, 0.15) is 106 Å². The highest BCUT2D eigenvalue weighted by molar-refractivity contribution is 7.92. The molecule has 738 valence electrons. The Hall–Kier alpha value is -8.99. The fourth-order valence-corrected chi connectivity index (χ4v) is 26.4. The number of aliphatic hydroxyl groups excluding tert-OH is 5. The molecule has 0 amide bonds. The maximum atomic E-state index is 14.5. The second-order valence-electron chi connectivity index (χ2n) is 35.8. The van der Waals surface area contributed by atoms with E-state index in [0.717, 1.165) is 178 Å². The van der Waals surface area contributed by atoms with Crippen LogP contribution < -0.4 is 26.6 Å². The molecule has 0 spiro atoms. The first-order valence-corrected chi connectivity index (χ1v) is 55.4. The number of nitrogens with zero attached hydrogens (tertiary/aromatic N) is 8. The average Bonchev–Trinajstić information content (AvgIpc) is 1.53. The van der Waals surface area contributed by atoms with E-state index in [2.05, 4.69) is 41.5 Å². The van der Waals surface area contributed by atoms with Gasteiger partial charge in [-0.3, -0.25) is 0 Å². The molecule has 138 heavy (non-hydrogen) atoms. The quantitative estimate of drug-likeness (QED) is 0.0569. The summed E-state index contributed by atoms with van der Waals surface area (Å²) < 4.78 is 230. The number of hydrogen-bond acceptors (Lipinski definition) is 23. The molecule has 0 radical (unpaired) electrons. The highest BCUT2D eigenvalue weighted by Gasteiger charge is 2.41. The van der Waals surface area contributed by atoms with Crippen LogP contribution in [-0.4, -0.2) is 233 Å². The van der Waals surface area contributed by atoms with E-state index in [4.69, 9.17) is 46.4 Å². The number of halogens is 11. The van der Waals surface area contributed by atoms with Crippen molar-refractivity contribution in [3.63, 3.8) is 0 Å². The lowest BCUT2D eigenvalue weighted by Gasteiger charge is -2.24. The van der Waals surface area contributed by atoms with Crippen molar-refractivity contribution in [3.05, 3.63) is 188 Å². The van der Waals surface area contributed by atoms with Crippen molar-refractivity contribution in [1.82, 2.24) is 64.4 Å². The maximum Gasteiger partial charge on any atom is 0.417 e. The number of hydrogen-bond donors (Lipinski definition) is 10. The molecular formula is C94H100Cl4F7N13O15S5. The molecule has 8 aromatic heterocycles. The first-order valence-electron chi connectivity index (χ1n) is 44.5. The number of nitrogens with one attached hydrogen (secondary N) is 5. The van der Waals surface area contributed by atoms with Crippen LogP contribution in [0.3, 0.4) is 0 Å². The predicted octanol–water partition coefficient (Wildman–Crippen LogP) is 15.1. The highest BCUT2D eigenvalue weighted by atomic mass is 35.5. The van der Waals surface area contributed by atoms with Crippen molar-refractivity contribution in [2.24, 2.45) is 0 Å². The fraction of sp³-hybridized carbons (Fsp3) is 0.394. The molecule has 20 rings (SSSR count). The molecule has 0 bridgehead atoms. The smallest absolute Gasteiger partial charge is 0.390 e. The van der Waals surface area contributed by atoms with Crippen LogP contribution in [0.2, 0.25) is 20.1 Å². The number of benzene rings is 7. The van der Waals surface area contributed by atoms with Gasteiger partial charge in [0.2, 0.25) is 0 Å². The molecule has 5 aliphatic rings. The van der Waals surface area contributed by atoms with Crippen molar-refractivity contribution in [2.45, 2.75) is 163 Å². The monoisotopic (exact) mass is 2080 g/mol. The van der Waals surface area contributed by atoms with Crippen molar-refractivity contribution in [2.75, 3.05) is 96.7 Å². The summed E-state index contributed by atoms with van der Waals surface area (Å²) in [6.07, 6.45) is 7.93. The van der Waals surface area contributed by atoms with Gasteiger partial charge in [-0.1, -0.05) is 58.0 Å². The Kier molecular flexibility index (Phi) is 29.6. The summed E-state index contributed by atoms with van der Waals surface area (Å²) >= 11 is 25.0. The van der Waals surface area contributed by atoms with Crippen LogP contribution in [-0.2, 0) is 55.4 Å². The van der Waals surface area contributed by atoms with Gasteiger partial charge < -0.3 is 75.0 Å². The molecule has 44 heteroatoms. The van der Waals surface area contributed by atoms with E-state index in [0.29, 0.717) is 128 Å². The van der Waals surface area contributed by atoms with E-state index in [1.165, 1.54) is 24.3 Å². The number of pyridine rings is 3. The zero-order valence-corrected chi connectivity index (χ0v) is 82.3. The van der Waals surface area contributed by atoms with Gasteiger partial charge in [0.1, 0.15) is 50.0 Å². The Bertz CT molecular complexity index is 7540. The van der Waals surface area contributed by atoms with Crippen LogP contribution in [0.5, 0.6) is 0 Å². The standard InChI is InChI=1S/C21H23F3N2O3S.C19H20Cl2N2O3S.C18H19Cl2N3O3S.2C18H19F2N3O3S/c1-12-5-7-15-13(10-12)19-17(26(15)16-4-3-9-25-11-18(16)27)8-6-14(21(22,23)24)20(19)30(2,28)29;1-27(25,26)19-13(21)5-7-16-18(19)12-9-11(20)4-6-14(12)23(16)15-3-2-8-22-10-17(15)24;1-27(25,26)17-7-15-11(6-13(17)20)12-5-10(19)8-22-18(12)23(15)14-3-2-4-21-9-16(14)24;1-27(25,26)17-12(20)4-5-14-16(17)11-7-10(19)8-22-18(11)23(14)13-3-2-6-21-9-15(13)24;1-27(25,26)17-7-15-11(6-13(17)20)12-5-10(19)8-22-18(12)23(15)14-3-2-4-21-9-16(14)24/h5-8,10,16,18,25,27H,3-4,9,11H2,1-2H3;4-7,9,15,17,22,24H,2-3,8,10H2,1H3;5-8,14,16,21,24H,2-4,9H2,1H3;4-5,7-8,13,15,21,24H,2-3,6,9H2,1H3;5-8,14,16,21,24H,2-4,9H2,1H3/t16-,18-;15-,17-;14-,16-;13-,15-;14-,16-/m00000/s1. The third-order valence-corrected chi connectivity index (χ3v) is 33.1. The Morgan fingerprint density at radius 1 is 0.341 bits per heavy atom. The zero-order valence-electron chi connectivity index (χ0n) is 75.2. The molecular weight excluding hydrogens is 1990 g/mol. The lowest BCUT2D eigenvalue weighted by atomic mass is 10.1. The first kappa shape index (κ1) is 102. The number of aliphatic hydroxyl groups is 5. The summed E-state index contributed by atoms with van der Waals surface area (Å²) in [4.78, 5) is 11.4. The van der Waals surface area contributed by atoms with Gasteiger partial charge in [-0.15, -0.1) is 0 Å². The second-order valence-corrected chi connectivity index (χ2v) is 47.4. The van der Waals surface area contributed by atoms with Gasteiger partial charge in [0.15, 0.2) is 49.2 Å². The van der Waals surface area contributed by atoms with E-state index >= 15 is 0 Å². The molecule has 13 heterocycles. The lowest BCUT2D eigenvalue weighted by Crippen LogP contribution is -2.31. The molecule has 5 fully saturated rings. The van der Waals surface area contributed by atoms with Gasteiger partial charge >= 0.3 is 6.18 Å². The van der Waals surface area contributed by atoms with E-state index < -0.39 is 141 Å². The summed E-state index contributed by atoms with van der Waals surface area (Å²) in [7, 11) is -19.0. The average molecular weight is 2090 g/mol. The van der Waals surface area contributed by atoms with Gasteiger partial charge in [-0.2, -0.15) is 13.2 Å². The topological polar surface area (TPSA) is 395 Å². The molecule has 7 aromatic carbocycles. The molecule has 28 nitrogen and oxygen atoms in total. The van der Waals surface area contributed by atoms with Crippen LogP contribution in [0.25, 0.3) is 109 Å². The first-order chi connectivity index (χ1) is 65.1. The SMILES string of the molecule is CS(=O)(=O)c1c(Cl)ccc2c1c1cc(Cl)ccc1n2[C@H]1CCCNC[C@@H]1O.CS(=O)(=O)c1c(F)ccc2c1c1cc(F)cnc1n2[C@H]1CCCNC[C@@H]1O.CS(=O)(=O)c1cc2c(cc1Cl)c1cc(Cl)cnc1n2[C@H]1CCCNC[C@@H]1O.CS(=O)(=O)c1cc2c(cc1F)c1cc(F)cnc1n2[C@H]1CCCNC[C@@H]1O.Cc1ccc2c(c1)c1c(S(C)(=O)=O)c(C(F)(F)F)ccc1n2[C@H]1CCCNC[C@@H]1O. The van der Waals surface area contributed by atoms with Crippen molar-refractivity contribution < 1.29 is 98.4 Å². The predicted molar refractivity (Wildman–Crippen MR) is 522 cm³/mol. The van der Waals surface area contributed by atoms with Crippen molar-refractivity contribution in [3.8, 4) is 0 Å². The summed E-state index contributed by atoms with van der Waals surface area (Å²) in [5.41, 5.74) is 5.10. The number of β-amino-alcohol motifs (C(OH)–C–C–N with tert-alkyl or cyclic N) is 5. The Labute approximate surface area is 809 Å². The van der Waals surface area contributed by atoms with Gasteiger partial charge in [-0.05, 0) is 213 Å². The van der Waals surface area contributed by atoms with Crippen LogP contribution in [0, 0.1) is 30.2 Å².